The maximum Gasteiger partial charge on any atom is 0.260 e. The molecule has 0 radical (unpaired) electrons. The number of nitrogens with zero attached hydrogens (tertiary/aromatic N) is 3. The van der Waals surface area contributed by atoms with Crippen molar-refractivity contribution < 1.29 is 13.2 Å². The van der Waals surface area contributed by atoms with Crippen molar-refractivity contribution in [2.75, 3.05) is 14.2 Å². The lowest BCUT2D eigenvalue weighted by atomic mass is 10.3. The second kappa shape index (κ2) is 5.64. The van der Waals surface area contributed by atoms with Gasteiger partial charge in [-0.1, -0.05) is 6.07 Å². The smallest absolute Gasteiger partial charge is 0.260 e. The largest absolute Gasteiger partial charge is 0.480 e. The highest BCUT2D eigenvalue weighted by molar-refractivity contribution is 7.89. The number of hydrogen-bond acceptors (Lipinski definition) is 6. The minimum atomic E-state index is -3.60. The Morgan fingerprint density at radius 3 is 2.84 bits per heavy atom. The molecule has 0 aromatic carbocycles. The third-order valence-electron chi connectivity index (χ3n) is 2.50. The number of ether oxygens (including phenoxy) is 1. The Hall–Kier alpha value is -1.51. The van der Waals surface area contributed by atoms with E-state index in [1.165, 1.54) is 42.3 Å². The van der Waals surface area contributed by atoms with Crippen LogP contribution >= 0.6 is 11.5 Å². The lowest BCUT2D eigenvalue weighted by molar-refractivity contribution is 0.387. The highest BCUT2D eigenvalue weighted by Crippen LogP contribution is 2.22. The summed E-state index contributed by atoms with van der Waals surface area (Å²) in [6.45, 7) is 0.193. The van der Waals surface area contributed by atoms with Gasteiger partial charge in [-0.05, 0) is 23.7 Å². The summed E-state index contributed by atoms with van der Waals surface area (Å²) in [5, 5.41) is 1.79. The van der Waals surface area contributed by atoms with Crippen molar-refractivity contribution in [1.29, 1.82) is 0 Å². The number of pyridine rings is 1. The molecule has 2 rings (SSSR count). The van der Waals surface area contributed by atoms with E-state index in [1.54, 1.807) is 17.5 Å². The molecular weight excluding hydrogens is 286 g/mol. The van der Waals surface area contributed by atoms with Crippen LogP contribution in [0.3, 0.4) is 0 Å². The van der Waals surface area contributed by atoms with Gasteiger partial charge >= 0.3 is 0 Å². The van der Waals surface area contributed by atoms with E-state index in [1.807, 2.05) is 0 Å². The Morgan fingerprint density at radius 2 is 2.21 bits per heavy atom. The van der Waals surface area contributed by atoms with Gasteiger partial charge in [-0.15, -0.1) is 0 Å². The van der Waals surface area contributed by atoms with E-state index in [9.17, 15) is 8.42 Å². The van der Waals surface area contributed by atoms with E-state index in [4.69, 9.17) is 4.74 Å². The van der Waals surface area contributed by atoms with Crippen LogP contribution in [0.5, 0.6) is 5.88 Å². The lowest BCUT2D eigenvalue weighted by Crippen LogP contribution is -2.27. The SMILES string of the molecule is COc1nscc1CN(C)S(=O)(=O)c1ccccn1. The fraction of sp³-hybridized carbons (Fsp3) is 0.273. The van der Waals surface area contributed by atoms with Gasteiger partial charge in [-0.25, -0.2) is 13.4 Å². The molecule has 0 aliphatic rings. The molecule has 0 saturated heterocycles. The van der Waals surface area contributed by atoms with Gasteiger partial charge in [-0.2, -0.15) is 8.68 Å². The normalized spacial score (nSPS) is 11.7. The van der Waals surface area contributed by atoms with Crippen LogP contribution in [0.2, 0.25) is 0 Å². The molecule has 8 heteroatoms. The van der Waals surface area contributed by atoms with Crippen LogP contribution in [0.1, 0.15) is 5.56 Å². The summed E-state index contributed by atoms with van der Waals surface area (Å²) in [7, 11) is -0.590. The van der Waals surface area contributed by atoms with E-state index >= 15 is 0 Å². The summed E-state index contributed by atoms with van der Waals surface area (Å²) in [6.07, 6.45) is 1.45. The predicted octanol–water partition coefficient (Wildman–Crippen LogP) is 1.37. The first-order valence-electron chi connectivity index (χ1n) is 5.40. The van der Waals surface area contributed by atoms with Gasteiger partial charge in [0, 0.05) is 30.7 Å². The van der Waals surface area contributed by atoms with E-state index in [-0.39, 0.29) is 11.6 Å². The zero-order valence-electron chi connectivity index (χ0n) is 10.5. The molecule has 0 N–H and O–H groups in total. The summed E-state index contributed by atoms with van der Waals surface area (Å²) >= 11 is 1.23. The molecule has 0 spiro atoms. The topological polar surface area (TPSA) is 72.4 Å². The molecule has 0 saturated carbocycles. The van der Waals surface area contributed by atoms with Crippen molar-refractivity contribution in [2.24, 2.45) is 0 Å². The highest BCUT2D eigenvalue weighted by Gasteiger charge is 2.23. The maximum absolute atomic E-state index is 12.3. The monoisotopic (exact) mass is 299 g/mol. The minimum Gasteiger partial charge on any atom is -0.480 e. The quantitative estimate of drug-likeness (QED) is 0.833. The molecule has 0 atom stereocenters. The third-order valence-corrected chi connectivity index (χ3v) is 4.88. The summed E-state index contributed by atoms with van der Waals surface area (Å²) in [5.41, 5.74) is 0.731. The molecule has 102 valence electrons. The fourth-order valence-electron chi connectivity index (χ4n) is 1.50. The van der Waals surface area contributed by atoms with Gasteiger partial charge in [0.05, 0.1) is 7.11 Å². The first-order valence-corrected chi connectivity index (χ1v) is 7.68. The number of methoxy groups -OCH3 is 1. The molecule has 2 aromatic rings. The van der Waals surface area contributed by atoms with Gasteiger partial charge in [0.2, 0.25) is 5.88 Å². The average molecular weight is 299 g/mol. The van der Waals surface area contributed by atoms with Gasteiger partial charge in [-0.3, -0.25) is 0 Å². The summed E-state index contributed by atoms with van der Waals surface area (Å²) in [5.74, 6) is 0.452. The van der Waals surface area contributed by atoms with Crippen LogP contribution in [-0.2, 0) is 16.6 Å². The lowest BCUT2D eigenvalue weighted by Gasteiger charge is -2.16. The predicted molar refractivity (Wildman–Crippen MR) is 71.6 cm³/mol. The molecule has 0 aliphatic heterocycles. The Labute approximate surface area is 115 Å². The van der Waals surface area contributed by atoms with Gasteiger partial charge in [0.25, 0.3) is 10.0 Å². The van der Waals surface area contributed by atoms with Crippen molar-refractivity contribution in [1.82, 2.24) is 13.7 Å². The standard InChI is InChI=1S/C11H13N3O3S2/c1-14(7-9-8-18-13-11(9)17-2)19(15,16)10-5-3-4-6-12-10/h3-6,8H,7H2,1-2H3. The first-order chi connectivity index (χ1) is 9.05. The summed E-state index contributed by atoms with van der Waals surface area (Å²) in [4.78, 5) is 3.87. The van der Waals surface area contributed by atoms with Gasteiger partial charge in [0.1, 0.15) is 0 Å². The fourth-order valence-corrected chi connectivity index (χ4v) is 3.22. The Kier molecular flexibility index (Phi) is 4.13. The number of sulfonamides is 1. The van der Waals surface area contributed by atoms with Crippen molar-refractivity contribution in [3.8, 4) is 5.88 Å². The molecular formula is C11H13N3O3S2. The Morgan fingerprint density at radius 1 is 1.42 bits per heavy atom. The Balaban J connectivity index is 2.23. The summed E-state index contributed by atoms with van der Waals surface area (Å²) < 4.78 is 34.8. The zero-order chi connectivity index (χ0) is 13.9. The Bertz CT molecular complexity index is 640. The van der Waals surface area contributed by atoms with Gasteiger partial charge < -0.3 is 4.74 Å². The maximum atomic E-state index is 12.3. The molecule has 0 fully saturated rings. The van der Waals surface area contributed by atoms with Crippen molar-refractivity contribution in [3.63, 3.8) is 0 Å². The molecule has 19 heavy (non-hydrogen) atoms. The summed E-state index contributed by atoms with van der Waals surface area (Å²) in [6, 6.07) is 4.78. The number of aromatic nitrogens is 2. The van der Waals surface area contributed by atoms with Crippen LogP contribution in [0.15, 0.2) is 34.8 Å². The third kappa shape index (κ3) is 2.91. The highest BCUT2D eigenvalue weighted by atomic mass is 32.2. The van der Waals surface area contributed by atoms with Crippen LogP contribution in [0.4, 0.5) is 0 Å². The van der Waals surface area contributed by atoms with Crippen LogP contribution in [-0.4, -0.2) is 36.2 Å². The van der Waals surface area contributed by atoms with Crippen LogP contribution < -0.4 is 4.74 Å². The number of hydrogen-bond donors (Lipinski definition) is 0. The van der Waals surface area contributed by atoms with Crippen LogP contribution in [0, 0.1) is 0 Å². The van der Waals surface area contributed by atoms with Crippen molar-refractivity contribution >= 4 is 21.6 Å². The van der Waals surface area contributed by atoms with E-state index < -0.39 is 10.0 Å². The molecule has 6 nitrogen and oxygen atoms in total. The number of rotatable bonds is 5. The minimum absolute atomic E-state index is 0.0275. The molecule has 0 bridgehead atoms. The molecule has 2 heterocycles. The van der Waals surface area contributed by atoms with E-state index in [0.29, 0.717) is 5.88 Å². The molecule has 0 amide bonds. The second-order valence-electron chi connectivity index (χ2n) is 3.78. The van der Waals surface area contributed by atoms with E-state index in [0.717, 1.165) is 5.56 Å². The molecule has 0 unspecified atom stereocenters. The first kappa shape index (κ1) is 13.9. The average Bonchev–Trinajstić information content (AvgIpc) is 2.87. The zero-order valence-corrected chi connectivity index (χ0v) is 12.1. The molecule has 2 aromatic heterocycles. The van der Waals surface area contributed by atoms with Crippen molar-refractivity contribution in [3.05, 3.63) is 35.3 Å². The van der Waals surface area contributed by atoms with E-state index in [2.05, 4.69) is 9.36 Å². The van der Waals surface area contributed by atoms with Crippen molar-refractivity contribution in [2.45, 2.75) is 11.6 Å². The van der Waals surface area contributed by atoms with Gasteiger partial charge in [0.15, 0.2) is 5.03 Å². The van der Waals surface area contributed by atoms with Crippen LogP contribution in [0.25, 0.3) is 0 Å². The molecule has 0 aliphatic carbocycles. The second-order valence-corrected chi connectivity index (χ2v) is 6.40.